The molecule has 3 aromatic rings. The van der Waals surface area contributed by atoms with E-state index in [1.807, 2.05) is 54.6 Å². The lowest BCUT2D eigenvalue weighted by Gasteiger charge is -2.08. The van der Waals surface area contributed by atoms with Crippen LogP contribution in [0.15, 0.2) is 54.6 Å². The molecule has 0 spiro atoms. The fourth-order valence-electron chi connectivity index (χ4n) is 2.51. The molecule has 0 fully saturated rings. The van der Waals surface area contributed by atoms with Gasteiger partial charge in [-0.2, -0.15) is 0 Å². The minimum Gasteiger partial charge on any atom is -0.481 e. The van der Waals surface area contributed by atoms with Gasteiger partial charge in [-0.15, -0.1) is 0 Å². The molecule has 0 saturated heterocycles. The Kier molecular flexibility index (Phi) is 4.57. The van der Waals surface area contributed by atoms with Crippen molar-refractivity contribution in [1.29, 1.82) is 0 Å². The molecule has 0 aliphatic carbocycles. The van der Waals surface area contributed by atoms with Crippen LogP contribution in [-0.2, 0) is 4.74 Å². The van der Waals surface area contributed by atoms with E-state index in [1.165, 1.54) is 7.11 Å². The molecule has 3 rings (SSSR count). The van der Waals surface area contributed by atoms with Crippen LogP contribution < -0.4 is 4.74 Å². The molecular weight excluding hydrogens is 302 g/mol. The highest BCUT2D eigenvalue weighted by Crippen LogP contribution is 2.26. The van der Waals surface area contributed by atoms with Crippen molar-refractivity contribution >= 4 is 29.0 Å². The van der Waals surface area contributed by atoms with Crippen molar-refractivity contribution in [3.05, 3.63) is 71.3 Å². The second-order valence-corrected chi connectivity index (χ2v) is 5.19. The zero-order chi connectivity index (χ0) is 16.9. The smallest absolute Gasteiger partial charge is 0.338 e. The minimum absolute atomic E-state index is 0.384. The van der Waals surface area contributed by atoms with E-state index in [1.54, 1.807) is 19.2 Å². The summed E-state index contributed by atoms with van der Waals surface area (Å²) in [6.45, 7) is 0. The summed E-state index contributed by atoms with van der Waals surface area (Å²) in [7, 11) is 2.94. The van der Waals surface area contributed by atoms with Gasteiger partial charge in [0.05, 0.1) is 25.3 Å². The average molecular weight is 319 g/mol. The number of esters is 1. The lowest BCUT2D eigenvalue weighted by atomic mass is 10.0. The first-order valence-electron chi connectivity index (χ1n) is 7.52. The molecule has 4 heteroatoms. The molecule has 0 atom stereocenters. The predicted octanol–water partition coefficient (Wildman–Crippen LogP) is 4.20. The maximum atomic E-state index is 12.0. The van der Waals surface area contributed by atoms with E-state index in [0.717, 1.165) is 16.5 Å². The van der Waals surface area contributed by atoms with Gasteiger partial charge in [-0.25, -0.2) is 9.78 Å². The molecule has 4 nitrogen and oxygen atoms in total. The van der Waals surface area contributed by atoms with Crippen LogP contribution in [0.1, 0.15) is 21.5 Å². The summed E-state index contributed by atoms with van der Waals surface area (Å²) in [5.74, 6) is 0.115. The monoisotopic (exact) mass is 319 g/mol. The Bertz CT molecular complexity index is 901. The average Bonchev–Trinajstić information content (AvgIpc) is 2.65. The number of nitrogens with zero attached hydrogens (tertiary/aromatic N) is 1. The summed E-state index contributed by atoms with van der Waals surface area (Å²) in [5, 5.41) is 0.734. The SMILES string of the molecule is COC(=O)c1ccc(/C=C/c2ccccc2)c2nc(OC)ccc12. The lowest BCUT2D eigenvalue weighted by molar-refractivity contribution is 0.0603. The van der Waals surface area contributed by atoms with E-state index in [-0.39, 0.29) is 5.97 Å². The summed E-state index contributed by atoms with van der Waals surface area (Å²) in [4.78, 5) is 16.5. The number of ether oxygens (including phenoxy) is 2. The van der Waals surface area contributed by atoms with Gasteiger partial charge in [0.15, 0.2) is 0 Å². The van der Waals surface area contributed by atoms with E-state index in [0.29, 0.717) is 17.0 Å². The van der Waals surface area contributed by atoms with Crippen LogP contribution in [0.5, 0.6) is 5.88 Å². The molecule has 0 amide bonds. The molecule has 0 aliphatic rings. The fraction of sp³-hybridized carbons (Fsp3) is 0.100. The van der Waals surface area contributed by atoms with Crippen LogP contribution in [0, 0.1) is 0 Å². The highest BCUT2D eigenvalue weighted by atomic mass is 16.5. The molecule has 0 bridgehead atoms. The van der Waals surface area contributed by atoms with E-state index in [9.17, 15) is 4.79 Å². The van der Waals surface area contributed by atoms with Crippen LogP contribution in [0.2, 0.25) is 0 Å². The number of carbonyl (C=O) groups is 1. The van der Waals surface area contributed by atoms with Gasteiger partial charge in [-0.05, 0) is 17.7 Å². The van der Waals surface area contributed by atoms with Gasteiger partial charge in [0.2, 0.25) is 5.88 Å². The molecule has 0 radical (unpaired) electrons. The molecule has 0 aliphatic heterocycles. The summed E-state index contributed by atoms with van der Waals surface area (Å²) >= 11 is 0. The summed E-state index contributed by atoms with van der Waals surface area (Å²) in [5.41, 5.74) is 3.18. The number of benzene rings is 2. The van der Waals surface area contributed by atoms with Crippen molar-refractivity contribution in [1.82, 2.24) is 4.98 Å². The van der Waals surface area contributed by atoms with E-state index in [2.05, 4.69) is 4.98 Å². The van der Waals surface area contributed by atoms with Crippen molar-refractivity contribution in [3.8, 4) is 5.88 Å². The predicted molar refractivity (Wildman–Crippen MR) is 95.0 cm³/mol. The van der Waals surface area contributed by atoms with E-state index < -0.39 is 0 Å². The largest absolute Gasteiger partial charge is 0.481 e. The Morgan fingerprint density at radius 3 is 2.46 bits per heavy atom. The van der Waals surface area contributed by atoms with Gasteiger partial charge in [0.25, 0.3) is 0 Å². The van der Waals surface area contributed by atoms with E-state index in [4.69, 9.17) is 9.47 Å². The molecule has 1 heterocycles. The second-order valence-electron chi connectivity index (χ2n) is 5.19. The normalized spacial score (nSPS) is 10.9. The maximum absolute atomic E-state index is 12.0. The van der Waals surface area contributed by atoms with Crippen LogP contribution in [-0.4, -0.2) is 25.2 Å². The van der Waals surface area contributed by atoms with E-state index >= 15 is 0 Å². The van der Waals surface area contributed by atoms with Gasteiger partial charge in [0, 0.05) is 17.0 Å². The zero-order valence-electron chi connectivity index (χ0n) is 13.5. The molecule has 0 saturated carbocycles. The molecule has 1 aromatic heterocycles. The summed E-state index contributed by atoms with van der Waals surface area (Å²) in [6, 6.07) is 17.2. The molecule has 0 unspecified atom stereocenters. The van der Waals surface area contributed by atoms with Crippen molar-refractivity contribution in [2.75, 3.05) is 14.2 Å². The molecule has 24 heavy (non-hydrogen) atoms. The number of rotatable bonds is 4. The van der Waals surface area contributed by atoms with Crippen LogP contribution in [0.3, 0.4) is 0 Å². The number of fused-ring (bicyclic) bond motifs is 1. The second kappa shape index (κ2) is 6.96. The zero-order valence-corrected chi connectivity index (χ0v) is 13.5. The summed E-state index contributed by atoms with van der Waals surface area (Å²) in [6.07, 6.45) is 3.99. The van der Waals surface area contributed by atoms with Crippen molar-refractivity contribution in [2.45, 2.75) is 0 Å². The van der Waals surface area contributed by atoms with Crippen molar-refractivity contribution in [2.24, 2.45) is 0 Å². The van der Waals surface area contributed by atoms with Gasteiger partial charge in [-0.1, -0.05) is 48.6 Å². The van der Waals surface area contributed by atoms with Crippen LogP contribution >= 0.6 is 0 Å². The Morgan fingerprint density at radius 2 is 1.75 bits per heavy atom. The number of carbonyl (C=O) groups excluding carboxylic acids is 1. The van der Waals surface area contributed by atoms with Gasteiger partial charge < -0.3 is 9.47 Å². The highest BCUT2D eigenvalue weighted by Gasteiger charge is 2.13. The minimum atomic E-state index is -0.384. The lowest BCUT2D eigenvalue weighted by Crippen LogP contribution is -2.03. The van der Waals surface area contributed by atoms with Crippen LogP contribution in [0.25, 0.3) is 23.1 Å². The Labute approximate surface area is 140 Å². The molecular formula is C20H17NO3. The molecule has 0 N–H and O–H groups in total. The van der Waals surface area contributed by atoms with Gasteiger partial charge >= 0.3 is 5.97 Å². The number of methoxy groups -OCH3 is 2. The standard InChI is InChI=1S/C20H17NO3/c1-23-18-13-12-16-17(20(22)24-2)11-10-15(19(16)21-18)9-8-14-6-4-3-5-7-14/h3-13H,1-2H3/b9-8+. The van der Waals surface area contributed by atoms with Crippen molar-refractivity contribution in [3.63, 3.8) is 0 Å². The highest BCUT2D eigenvalue weighted by molar-refractivity contribution is 6.06. The Morgan fingerprint density at radius 1 is 0.958 bits per heavy atom. The number of aromatic nitrogens is 1. The first kappa shape index (κ1) is 15.7. The number of hydrogen-bond acceptors (Lipinski definition) is 4. The topological polar surface area (TPSA) is 48.4 Å². The quantitative estimate of drug-likeness (QED) is 0.534. The number of pyridine rings is 1. The van der Waals surface area contributed by atoms with Gasteiger partial charge in [0.1, 0.15) is 0 Å². The fourth-order valence-corrected chi connectivity index (χ4v) is 2.51. The van der Waals surface area contributed by atoms with Crippen molar-refractivity contribution < 1.29 is 14.3 Å². The third-order valence-electron chi connectivity index (χ3n) is 3.73. The third-order valence-corrected chi connectivity index (χ3v) is 3.73. The first-order valence-corrected chi connectivity index (χ1v) is 7.52. The number of hydrogen-bond donors (Lipinski definition) is 0. The molecule has 120 valence electrons. The van der Waals surface area contributed by atoms with Gasteiger partial charge in [-0.3, -0.25) is 0 Å². The maximum Gasteiger partial charge on any atom is 0.338 e. The Balaban J connectivity index is 2.14. The van der Waals surface area contributed by atoms with Crippen LogP contribution in [0.4, 0.5) is 0 Å². The Hall–Kier alpha value is -3.14. The first-order chi connectivity index (χ1) is 11.7. The third kappa shape index (κ3) is 3.13. The molecule has 2 aromatic carbocycles. The summed E-state index contributed by atoms with van der Waals surface area (Å²) < 4.78 is 10.1.